The van der Waals surface area contributed by atoms with Gasteiger partial charge in [-0.1, -0.05) is 30.3 Å². The largest absolute Gasteiger partial charge is 0.478 e. The third-order valence-electron chi connectivity index (χ3n) is 3.63. The summed E-state index contributed by atoms with van der Waals surface area (Å²) >= 11 is 0. The predicted molar refractivity (Wildman–Crippen MR) is 92.6 cm³/mol. The van der Waals surface area contributed by atoms with Crippen molar-refractivity contribution in [1.29, 1.82) is 5.26 Å². The van der Waals surface area contributed by atoms with Gasteiger partial charge in [-0.3, -0.25) is 0 Å². The molecule has 0 spiro atoms. The fourth-order valence-electron chi connectivity index (χ4n) is 2.47. The number of benzene rings is 2. The number of hydrogen-bond acceptors (Lipinski definition) is 5. The van der Waals surface area contributed by atoms with E-state index in [-0.39, 0.29) is 17.3 Å². The Morgan fingerprint density at radius 3 is 2.56 bits per heavy atom. The summed E-state index contributed by atoms with van der Waals surface area (Å²) in [5, 5.41) is 8.76. The van der Waals surface area contributed by atoms with E-state index in [1.807, 2.05) is 6.07 Å². The van der Waals surface area contributed by atoms with Gasteiger partial charge >= 0.3 is 0 Å². The predicted octanol–water partition coefficient (Wildman–Crippen LogP) is 3.82. The first kappa shape index (κ1) is 16.8. The number of nitrogens with zero attached hydrogens (tertiary/aromatic N) is 1. The summed E-state index contributed by atoms with van der Waals surface area (Å²) < 4.78 is 35.6. The van der Waals surface area contributed by atoms with Gasteiger partial charge in [-0.05, 0) is 29.8 Å². The van der Waals surface area contributed by atoms with Crippen LogP contribution in [0.2, 0.25) is 0 Å². The SMILES string of the molecule is N#CCOc1cc(CS(=O)(=O)c2ccccc2)ccc1-c1ccoc1. The van der Waals surface area contributed by atoms with E-state index in [0.29, 0.717) is 11.3 Å². The van der Waals surface area contributed by atoms with Gasteiger partial charge in [-0.25, -0.2) is 8.42 Å². The molecule has 2 aromatic carbocycles. The molecule has 25 heavy (non-hydrogen) atoms. The van der Waals surface area contributed by atoms with Gasteiger partial charge in [0.05, 0.1) is 23.2 Å². The van der Waals surface area contributed by atoms with E-state index in [0.717, 1.165) is 11.1 Å². The van der Waals surface area contributed by atoms with Crippen molar-refractivity contribution in [3.8, 4) is 22.9 Å². The first-order valence-electron chi connectivity index (χ1n) is 7.53. The molecule has 0 unspecified atom stereocenters. The average Bonchev–Trinajstić information content (AvgIpc) is 3.15. The molecule has 5 nitrogen and oxygen atoms in total. The fourth-order valence-corrected chi connectivity index (χ4v) is 3.83. The maximum atomic E-state index is 12.5. The molecule has 0 aliphatic rings. The molecule has 3 rings (SSSR count). The van der Waals surface area contributed by atoms with Gasteiger partial charge in [0.2, 0.25) is 0 Å². The molecular weight excluding hydrogens is 338 g/mol. The van der Waals surface area contributed by atoms with Crippen LogP contribution < -0.4 is 4.74 Å². The van der Waals surface area contributed by atoms with Crippen molar-refractivity contribution in [2.24, 2.45) is 0 Å². The van der Waals surface area contributed by atoms with Crippen LogP contribution in [0.1, 0.15) is 5.56 Å². The molecule has 0 aliphatic heterocycles. The Morgan fingerprint density at radius 1 is 1.08 bits per heavy atom. The number of sulfone groups is 1. The third-order valence-corrected chi connectivity index (χ3v) is 5.33. The van der Waals surface area contributed by atoms with Crippen LogP contribution in [-0.4, -0.2) is 15.0 Å². The molecule has 0 fully saturated rings. The molecule has 0 saturated carbocycles. The van der Waals surface area contributed by atoms with Crippen LogP contribution >= 0.6 is 0 Å². The maximum absolute atomic E-state index is 12.5. The zero-order valence-electron chi connectivity index (χ0n) is 13.3. The second-order valence-electron chi connectivity index (χ2n) is 5.36. The molecule has 1 heterocycles. The number of rotatable bonds is 6. The molecule has 1 aromatic heterocycles. The second kappa shape index (κ2) is 7.24. The van der Waals surface area contributed by atoms with Crippen molar-refractivity contribution in [1.82, 2.24) is 0 Å². The number of nitriles is 1. The van der Waals surface area contributed by atoms with E-state index >= 15 is 0 Å². The summed E-state index contributed by atoms with van der Waals surface area (Å²) in [6.07, 6.45) is 3.10. The molecule has 126 valence electrons. The molecular formula is C19H15NO4S. The Labute approximate surface area is 146 Å². The van der Waals surface area contributed by atoms with Gasteiger partial charge in [0.1, 0.15) is 11.8 Å². The summed E-state index contributed by atoms with van der Waals surface area (Å²) in [4.78, 5) is 0.272. The lowest BCUT2D eigenvalue weighted by Crippen LogP contribution is -2.05. The van der Waals surface area contributed by atoms with Crippen LogP contribution in [-0.2, 0) is 15.6 Å². The van der Waals surface area contributed by atoms with Crippen LogP contribution in [0, 0.1) is 11.3 Å². The molecule has 0 amide bonds. The zero-order chi connectivity index (χ0) is 17.7. The molecule has 0 atom stereocenters. The van der Waals surface area contributed by atoms with Gasteiger partial charge in [-0.15, -0.1) is 0 Å². The minimum atomic E-state index is -3.46. The molecule has 0 saturated heterocycles. The highest BCUT2D eigenvalue weighted by atomic mass is 32.2. The average molecular weight is 353 g/mol. The van der Waals surface area contributed by atoms with Crippen molar-refractivity contribution < 1.29 is 17.6 Å². The lowest BCUT2D eigenvalue weighted by atomic mass is 10.1. The summed E-state index contributed by atoms with van der Waals surface area (Å²) in [5.41, 5.74) is 2.12. The number of ether oxygens (including phenoxy) is 1. The fraction of sp³-hybridized carbons (Fsp3) is 0.105. The van der Waals surface area contributed by atoms with Gasteiger partial charge in [0, 0.05) is 11.1 Å². The van der Waals surface area contributed by atoms with Crippen LogP contribution in [0.15, 0.2) is 76.4 Å². The van der Waals surface area contributed by atoms with Crippen LogP contribution in [0.4, 0.5) is 0 Å². The third kappa shape index (κ3) is 3.90. The minimum absolute atomic E-state index is 0.125. The van der Waals surface area contributed by atoms with Gasteiger partial charge in [0.15, 0.2) is 16.4 Å². The first-order chi connectivity index (χ1) is 12.1. The zero-order valence-corrected chi connectivity index (χ0v) is 14.1. The van der Waals surface area contributed by atoms with Gasteiger partial charge in [0.25, 0.3) is 0 Å². The van der Waals surface area contributed by atoms with E-state index in [4.69, 9.17) is 14.4 Å². The van der Waals surface area contributed by atoms with Gasteiger partial charge < -0.3 is 9.15 Å². The molecule has 3 aromatic rings. The first-order valence-corrected chi connectivity index (χ1v) is 9.18. The Hall–Kier alpha value is -3.04. The Bertz CT molecular complexity index is 988. The Balaban J connectivity index is 1.94. The Morgan fingerprint density at radius 2 is 1.88 bits per heavy atom. The quantitative estimate of drug-likeness (QED) is 0.673. The second-order valence-corrected chi connectivity index (χ2v) is 7.35. The smallest absolute Gasteiger partial charge is 0.182 e. The van der Waals surface area contributed by atoms with Gasteiger partial charge in [-0.2, -0.15) is 5.26 Å². The van der Waals surface area contributed by atoms with Crippen molar-refractivity contribution in [2.45, 2.75) is 10.6 Å². The highest BCUT2D eigenvalue weighted by molar-refractivity contribution is 7.90. The Kier molecular flexibility index (Phi) is 4.87. The van der Waals surface area contributed by atoms with E-state index in [1.165, 1.54) is 6.26 Å². The van der Waals surface area contributed by atoms with Crippen molar-refractivity contribution in [3.05, 3.63) is 72.7 Å². The van der Waals surface area contributed by atoms with E-state index in [1.54, 1.807) is 60.9 Å². The molecule has 6 heteroatoms. The standard InChI is InChI=1S/C19H15NO4S/c20-9-11-24-19-12-15(6-7-18(19)16-8-10-23-13-16)14-25(21,22)17-4-2-1-3-5-17/h1-8,10,12-13H,11,14H2. The molecule has 0 aliphatic carbocycles. The number of hydrogen-bond donors (Lipinski definition) is 0. The van der Waals surface area contributed by atoms with Crippen LogP contribution in [0.5, 0.6) is 5.75 Å². The maximum Gasteiger partial charge on any atom is 0.182 e. The molecule has 0 N–H and O–H groups in total. The summed E-state index contributed by atoms with van der Waals surface area (Å²) in [5.74, 6) is 0.301. The van der Waals surface area contributed by atoms with E-state index in [9.17, 15) is 8.42 Å². The summed E-state index contributed by atoms with van der Waals surface area (Å²) in [6, 6.07) is 17.1. The topological polar surface area (TPSA) is 80.3 Å². The lowest BCUT2D eigenvalue weighted by Gasteiger charge is -2.11. The van der Waals surface area contributed by atoms with Crippen LogP contribution in [0.3, 0.4) is 0 Å². The van der Waals surface area contributed by atoms with E-state index in [2.05, 4.69) is 0 Å². The van der Waals surface area contributed by atoms with E-state index < -0.39 is 9.84 Å². The normalized spacial score (nSPS) is 11.0. The van der Waals surface area contributed by atoms with Crippen LogP contribution in [0.25, 0.3) is 11.1 Å². The summed E-state index contributed by atoms with van der Waals surface area (Å²) in [7, 11) is -3.46. The molecule has 0 radical (unpaired) electrons. The number of furan rings is 1. The minimum Gasteiger partial charge on any atom is -0.478 e. The highest BCUT2D eigenvalue weighted by Gasteiger charge is 2.17. The highest BCUT2D eigenvalue weighted by Crippen LogP contribution is 2.32. The van der Waals surface area contributed by atoms with Crippen molar-refractivity contribution >= 4 is 9.84 Å². The monoisotopic (exact) mass is 353 g/mol. The molecule has 0 bridgehead atoms. The summed E-state index contributed by atoms with van der Waals surface area (Å²) in [6.45, 7) is -0.125. The van der Waals surface area contributed by atoms with Crippen molar-refractivity contribution in [2.75, 3.05) is 6.61 Å². The lowest BCUT2D eigenvalue weighted by molar-refractivity contribution is 0.369. The van der Waals surface area contributed by atoms with Crippen molar-refractivity contribution in [3.63, 3.8) is 0 Å².